The number of nitrogens with zero attached hydrogens (tertiary/aromatic N) is 1. The quantitative estimate of drug-likeness (QED) is 0.561. The highest BCUT2D eigenvalue weighted by molar-refractivity contribution is 7.91. The molecule has 1 heterocycles. The van der Waals surface area contributed by atoms with E-state index < -0.39 is 21.9 Å². The molecule has 2 aliphatic rings. The lowest BCUT2D eigenvalue weighted by molar-refractivity contribution is -0.139. The molecule has 7 nitrogen and oxygen atoms in total. The second kappa shape index (κ2) is 11.6. The van der Waals surface area contributed by atoms with Crippen LogP contribution in [0.5, 0.6) is 0 Å². The van der Waals surface area contributed by atoms with Gasteiger partial charge in [0.2, 0.25) is 21.7 Å². The zero-order valence-electron chi connectivity index (χ0n) is 21.2. The van der Waals surface area contributed by atoms with Crippen molar-refractivity contribution in [3.8, 4) is 0 Å². The van der Waals surface area contributed by atoms with E-state index in [-0.39, 0.29) is 33.6 Å². The van der Waals surface area contributed by atoms with Crippen LogP contribution in [-0.4, -0.2) is 50.8 Å². The third-order valence-corrected chi connectivity index (χ3v) is 9.42. The van der Waals surface area contributed by atoms with E-state index in [0.717, 1.165) is 50.5 Å². The van der Waals surface area contributed by atoms with Gasteiger partial charge in [0.25, 0.3) is 0 Å². The summed E-state index contributed by atoms with van der Waals surface area (Å²) >= 11 is 0. The number of benzene rings is 2. The van der Waals surface area contributed by atoms with E-state index in [9.17, 15) is 18.0 Å². The number of amides is 2. The lowest BCUT2D eigenvalue weighted by Crippen LogP contribution is -2.55. The molecule has 0 spiro atoms. The summed E-state index contributed by atoms with van der Waals surface area (Å²) in [5.41, 5.74) is 0.815. The van der Waals surface area contributed by atoms with E-state index in [4.69, 9.17) is 0 Å². The molecule has 194 valence electrons. The van der Waals surface area contributed by atoms with Crippen LogP contribution in [0.1, 0.15) is 63.5 Å². The minimum atomic E-state index is -3.66. The van der Waals surface area contributed by atoms with Crippen LogP contribution >= 0.6 is 0 Å². The molecule has 1 aliphatic carbocycles. The van der Waals surface area contributed by atoms with Crippen molar-refractivity contribution in [3.63, 3.8) is 0 Å². The van der Waals surface area contributed by atoms with Gasteiger partial charge in [-0.1, -0.05) is 49.6 Å². The molecule has 4 rings (SSSR count). The normalized spacial score (nSPS) is 20.6. The predicted molar refractivity (Wildman–Crippen MR) is 139 cm³/mol. The fourth-order valence-electron chi connectivity index (χ4n) is 5.44. The highest BCUT2D eigenvalue weighted by Crippen LogP contribution is 2.36. The second-order valence-corrected chi connectivity index (χ2v) is 11.9. The zero-order chi connectivity index (χ0) is 25.7. The van der Waals surface area contributed by atoms with Crippen molar-refractivity contribution in [2.75, 3.05) is 13.6 Å². The molecular formula is C28H37N3O4S. The Morgan fingerprint density at radius 3 is 2.31 bits per heavy atom. The number of nitrogens with one attached hydrogen (secondary N) is 2. The van der Waals surface area contributed by atoms with Gasteiger partial charge >= 0.3 is 0 Å². The summed E-state index contributed by atoms with van der Waals surface area (Å²) in [5, 5.41) is 6.01. The van der Waals surface area contributed by atoms with Crippen molar-refractivity contribution in [2.45, 2.75) is 79.8 Å². The van der Waals surface area contributed by atoms with Gasteiger partial charge in [-0.15, -0.1) is 0 Å². The fraction of sp³-hybridized carbons (Fsp3) is 0.500. The number of hydrogen-bond donors (Lipinski definition) is 2. The Bertz CT molecular complexity index is 1160. The maximum Gasteiger partial charge on any atom is 0.245 e. The topological polar surface area (TPSA) is 95.6 Å². The molecule has 0 radical (unpaired) electrons. The summed E-state index contributed by atoms with van der Waals surface area (Å²) in [6.07, 6.45) is 6.74. The molecule has 2 amide bonds. The Kier molecular flexibility index (Phi) is 8.46. The van der Waals surface area contributed by atoms with Crippen LogP contribution in [0.3, 0.4) is 0 Å². The number of carbonyl (C=O) groups excluding carboxylic acids is 2. The Balaban J connectivity index is 1.60. The van der Waals surface area contributed by atoms with Crippen LogP contribution in [0.25, 0.3) is 0 Å². The highest BCUT2D eigenvalue weighted by Gasteiger charge is 2.39. The van der Waals surface area contributed by atoms with Gasteiger partial charge in [0, 0.05) is 6.54 Å². The smallest absolute Gasteiger partial charge is 0.245 e. The highest BCUT2D eigenvalue weighted by atomic mass is 32.2. The Morgan fingerprint density at radius 1 is 0.917 bits per heavy atom. The largest absolute Gasteiger partial charge is 0.343 e. The first-order valence-electron chi connectivity index (χ1n) is 13.0. The number of carbonyl (C=O) groups is 2. The summed E-state index contributed by atoms with van der Waals surface area (Å²) in [6, 6.07) is 14.2. The van der Waals surface area contributed by atoms with Crippen LogP contribution in [0.4, 0.5) is 0 Å². The summed E-state index contributed by atoms with van der Waals surface area (Å²) < 4.78 is 26.4. The van der Waals surface area contributed by atoms with Crippen molar-refractivity contribution >= 4 is 21.7 Å². The number of likely N-dealkylation sites (N-methyl/N-ethyl adjacent to an activating group) is 1. The van der Waals surface area contributed by atoms with E-state index in [1.807, 2.05) is 11.0 Å². The van der Waals surface area contributed by atoms with Gasteiger partial charge in [-0.25, -0.2) is 8.42 Å². The molecular weight excluding hydrogens is 474 g/mol. The van der Waals surface area contributed by atoms with E-state index in [1.54, 1.807) is 62.5 Å². The molecule has 2 fully saturated rings. The molecule has 1 unspecified atom stereocenters. The van der Waals surface area contributed by atoms with Crippen molar-refractivity contribution in [3.05, 3.63) is 60.2 Å². The van der Waals surface area contributed by atoms with Crippen LogP contribution < -0.4 is 10.6 Å². The molecule has 1 aliphatic heterocycles. The zero-order valence-corrected chi connectivity index (χ0v) is 22.0. The van der Waals surface area contributed by atoms with E-state index in [0.29, 0.717) is 6.54 Å². The first kappa shape index (κ1) is 26.4. The van der Waals surface area contributed by atoms with Crippen LogP contribution in [0.15, 0.2) is 64.4 Å². The lowest BCUT2D eigenvalue weighted by Gasteiger charge is -2.35. The molecule has 1 saturated heterocycles. The number of sulfone groups is 1. The Hall–Kier alpha value is -2.71. The SMILES string of the molecule is CNC(C)C(=O)N[C@H](C(=O)N1CCC[C@@H]1c1cccc(S(=O)(=O)c2ccccc2)c1)C1CCCCC1. The minimum absolute atomic E-state index is 0.0580. The molecule has 2 N–H and O–H groups in total. The summed E-state index contributed by atoms with van der Waals surface area (Å²) in [7, 11) is -1.93. The maximum atomic E-state index is 14.0. The first-order valence-corrected chi connectivity index (χ1v) is 14.5. The van der Waals surface area contributed by atoms with Gasteiger partial charge in [0.15, 0.2) is 0 Å². The average Bonchev–Trinajstić information content (AvgIpc) is 3.42. The van der Waals surface area contributed by atoms with Crippen LogP contribution in [-0.2, 0) is 19.4 Å². The van der Waals surface area contributed by atoms with Gasteiger partial charge < -0.3 is 15.5 Å². The van der Waals surface area contributed by atoms with Crippen LogP contribution in [0, 0.1) is 5.92 Å². The van der Waals surface area contributed by atoms with Crippen molar-refractivity contribution in [2.24, 2.45) is 5.92 Å². The maximum absolute atomic E-state index is 14.0. The molecule has 8 heteroatoms. The predicted octanol–water partition coefficient (Wildman–Crippen LogP) is 3.86. The molecule has 0 bridgehead atoms. The van der Waals surface area contributed by atoms with Gasteiger partial charge in [-0.3, -0.25) is 9.59 Å². The summed E-state index contributed by atoms with van der Waals surface area (Å²) in [4.78, 5) is 29.1. The Morgan fingerprint density at radius 2 is 1.61 bits per heavy atom. The van der Waals surface area contributed by atoms with Gasteiger partial charge in [0.05, 0.1) is 21.9 Å². The van der Waals surface area contributed by atoms with Crippen molar-refractivity contribution in [1.82, 2.24) is 15.5 Å². The third kappa shape index (κ3) is 5.65. The molecule has 0 aromatic heterocycles. The number of hydrogen-bond acceptors (Lipinski definition) is 5. The third-order valence-electron chi connectivity index (χ3n) is 7.65. The molecule has 1 saturated carbocycles. The molecule has 36 heavy (non-hydrogen) atoms. The van der Waals surface area contributed by atoms with Crippen molar-refractivity contribution < 1.29 is 18.0 Å². The Labute approximate surface area is 214 Å². The standard InChI is InChI=1S/C28H37N3O4S/c1-20(29-2)27(32)30-26(21-11-5-3-6-12-21)28(33)31-18-10-17-25(31)22-13-9-16-24(19-22)36(34,35)23-14-7-4-8-15-23/h4,7-9,13-16,19-21,25-26,29H,3,5-6,10-12,17-18H2,1-2H3,(H,30,32)/t20?,25-,26+/m1/s1. The van der Waals surface area contributed by atoms with Gasteiger partial charge in [0.1, 0.15) is 6.04 Å². The van der Waals surface area contributed by atoms with Gasteiger partial charge in [-0.2, -0.15) is 0 Å². The van der Waals surface area contributed by atoms with E-state index >= 15 is 0 Å². The summed E-state index contributed by atoms with van der Waals surface area (Å²) in [5.74, 6) is -0.115. The monoisotopic (exact) mass is 511 g/mol. The van der Waals surface area contributed by atoms with E-state index in [1.165, 1.54) is 0 Å². The first-order chi connectivity index (χ1) is 17.3. The molecule has 2 aromatic rings. The fourth-order valence-corrected chi connectivity index (χ4v) is 6.78. The molecule has 3 atom stereocenters. The number of rotatable bonds is 8. The molecule has 2 aromatic carbocycles. The lowest BCUT2D eigenvalue weighted by atomic mass is 9.83. The van der Waals surface area contributed by atoms with Crippen LogP contribution in [0.2, 0.25) is 0 Å². The number of likely N-dealkylation sites (tertiary alicyclic amines) is 1. The average molecular weight is 512 g/mol. The summed E-state index contributed by atoms with van der Waals surface area (Å²) in [6.45, 7) is 2.38. The van der Waals surface area contributed by atoms with Crippen molar-refractivity contribution in [1.29, 1.82) is 0 Å². The van der Waals surface area contributed by atoms with E-state index in [2.05, 4.69) is 10.6 Å². The van der Waals surface area contributed by atoms with Gasteiger partial charge in [-0.05, 0) is 75.4 Å². The minimum Gasteiger partial charge on any atom is -0.343 e. The second-order valence-electron chi connectivity index (χ2n) is 9.97.